The maximum absolute atomic E-state index is 12.4. The molecule has 0 aliphatic rings. The lowest BCUT2D eigenvalue weighted by atomic mass is 10.1. The molecular weight excluding hydrogens is 304 g/mol. The number of aryl methyl sites for hydroxylation is 1. The summed E-state index contributed by atoms with van der Waals surface area (Å²) in [5.41, 5.74) is 3.79. The van der Waals surface area contributed by atoms with Gasteiger partial charge in [-0.15, -0.1) is 0 Å². The van der Waals surface area contributed by atoms with Crippen molar-refractivity contribution in [2.24, 2.45) is 0 Å². The number of aromatic nitrogens is 1. The van der Waals surface area contributed by atoms with Crippen LogP contribution in [0.3, 0.4) is 0 Å². The van der Waals surface area contributed by atoms with Crippen LogP contribution in [0.5, 0.6) is 0 Å². The third-order valence-electron chi connectivity index (χ3n) is 4.26. The van der Waals surface area contributed by atoms with Gasteiger partial charge in [-0.3, -0.25) is 4.79 Å². The van der Waals surface area contributed by atoms with E-state index in [2.05, 4.69) is 28.9 Å². The number of aliphatic hydroxyl groups excluding tert-OH is 1. The van der Waals surface area contributed by atoms with Gasteiger partial charge >= 0.3 is 0 Å². The lowest BCUT2D eigenvalue weighted by Crippen LogP contribution is -2.34. The van der Waals surface area contributed by atoms with Gasteiger partial charge in [0.05, 0.1) is 24.3 Å². The molecule has 2 N–H and O–H groups in total. The van der Waals surface area contributed by atoms with Crippen LogP contribution in [0.15, 0.2) is 36.4 Å². The van der Waals surface area contributed by atoms with Gasteiger partial charge < -0.3 is 19.7 Å². The molecule has 2 rings (SSSR count). The summed E-state index contributed by atoms with van der Waals surface area (Å²) in [7, 11) is 1.52. The van der Waals surface area contributed by atoms with Gasteiger partial charge in [-0.2, -0.15) is 0 Å². The first-order valence-electron chi connectivity index (χ1n) is 8.14. The van der Waals surface area contributed by atoms with Crippen LogP contribution in [0.2, 0.25) is 0 Å². The van der Waals surface area contributed by atoms with Crippen molar-refractivity contribution in [2.45, 2.75) is 32.9 Å². The van der Waals surface area contributed by atoms with Gasteiger partial charge in [-0.25, -0.2) is 0 Å². The molecular formula is C19H26N2O3. The largest absolute Gasteiger partial charge is 0.389 e. The smallest absolute Gasteiger partial charge is 0.253 e. The number of methoxy groups -OCH3 is 1. The van der Waals surface area contributed by atoms with E-state index in [9.17, 15) is 9.90 Å². The maximum atomic E-state index is 12.4. The molecule has 5 nitrogen and oxygen atoms in total. The summed E-state index contributed by atoms with van der Waals surface area (Å²) < 4.78 is 7.03. The number of amides is 1. The number of carbonyl (C=O) groups is 1. The Bertz CT molecular complexity index is 679. The van der Waals surface area contributed by atoms with Gasteiger partial charge in [0.2, 0.25) is 0 Å². The van der Waals surface area contributed by atoms with Crippen LogP contribution in [0.25, 0.3) is 0 Å². The van der Waals surface area contributed by atoms with Crippen LogP contribution < -0.4 is 5.32 Å². The fourth-order valence-electron chi connectivity index (χ4n) is 3.04. The van der Waals surface area contributed by atoms with Gasteiger partial charge in [-0.05, 0) is 32.4 Å². The predicted octanol–water partition coefficient (Wildman–Crippen LogP) is 2.45. The van der Waals surface area contributed by atoms with E-state index in [-0.39, 0.29) is 25.1 Å². The second-order valence-corrected chi connectivity index (χ2v) is 6.06. The maximum Gasteiger partial charge on any atom is 0.253 e. The molecule has 0 saturated carbocycles. The van der Waals surface area contributed by atoms with Crippen molar-refractivity contribution in [2.75, 3.05) is 20.3 Å². The number of carbonyl (C=O) groups excluding carboxylic acids is 1. The molecule has 1 aromatic carbocycles. The van der Waals surface area contributed by atoms with Crippen LogP contribution in [0.1, 0.15) is 40.3 Å². The zero-order valence-electron chi connectivity index (χ0n) is 14.7. The lowest BCUT2D eigenvalue weighted by Gasteiger charge is -2.19. The quantitative estimate of drug-likeness (QED) is 0.820. The number of ether oxygens (including phenoxy) is 1. The number of aliphatic hydroxyl groups is 1. The number of hydrogen-bond acceptors (Lipinski definition) is 3. The Morgan fingerprint density at radius 2 is 1.96 bits per heavy atom. The van der Waals surface area contributed by atoms with E-state index in [1.807, 2.05) is 38.1 Å². The highest BCUT2D eigenvalue weighted by molar-refractivity contribution is 5.95. The van der Waals surface area contributed by atoms with E-state index in [1.165, 1.54) is 12.7 Å². The van der Waals surface area contributed by atoms with Crippen LogP contribution >= 0.6 is 0 Å². The Labute approximate surface area is 143 Å². The first-order valence-corrected chi connectivity index (χ1v) is 8.14. The van der Waals surface area contributed by atoms with Crippen molar-refractivity contribution in [3.63, 3.8) is 0 Å². The summed E-state index contributed by atoms with van der Waals surface area (Å²) in [6, 6.07) is 12.2. The standard InChI is InChI=1S/C19H26N2O3/c1-13-10-18(19(23)20-11-17(22)12-24-4)15(3)21(13)14(2)16-8-6-5-7-9-16/h5-10,14,17,22H,11-12H2,1-4H3,(H,20,23). The van der Waals surface area contributed by atoms with Crippen molar-refractivity contribution in [3.05, 3.63) is 58.9 Å². The highest BCUT2D eigenvalue weighted by Crippen LogP contribution is 2.25. The van der Waals surface area contributed by atoms with Crippen LogP contribution in [-0.2, 0) is 4.74 Å². The van der Waals surface area contributed by atoms with Gasteiger partial charge in [0.25, 0.3) is 5.91 Å². The molecule has 130 valence electrons. The Hall–Kier alpha value is -2.11. The molecule has 2 atom stereocenters. The molecule has 1 heterocycles. The van der Waals surface area contributed by atoms with Gasteiger partial charge in [-0.1, -0.05) is 30.3 Å². The van der Waals surface area contributed by atoms with Crippen molar-refractivity contribution >= 4 is 5.91 Å². The molecule has 1 aromatic heterocycles. The van der Waals surface area contributed by atoms with Gasteiger partial charge in [0.15, 0.2) is 0 Å². The van der Waals surface area contributed by atoms with Crippen LogP contribution in [-0.4, -0.2) is 41.9 Å². The molecule has 0 bridgehead atoms. The Balaban J connectivity index is 2.18. The van der Waals surface area contributed by atoms with E-state index >= 15 is 0 Å². The Morgan fingerprint density at radius 3 is 2.58 bits per heavy atom. The zero-order valence-corrected chi connectivity index (χ0v) is 14.7. The highest BCUT2D eigenvalue weighted by Gasteiger charge is 2.20. The second kappa shape index (κ2) is 8.13. The number of benzene rings is 1. The first-order chi connectivity index (χ1) is 11.5. The average molecular weight is 330 g/mol. The minimum Gasteiger partial charge on any atom is -0.389 e. The third kappa shape index (κ3) is 4.04. The number of rotatable bonds is 7. The summed E-state index contributed by atoms with van der Waals surface area (Å²) in [6.45, 7) is 6.45. The number of nitrogens with one attached hydrogen (secondary N) is 1. The van der Waals surface area contributed by atoms with Gasteiger partial charge in [0.1, 0.15) is 0 Å². The van der Waals surface area contributed by atoms with Crippen molar-refractivity contribution in [1.82, 2.24) is 9.88 Å². The van der Waals surface area contributed by atoms with Crippen molar-refractivity contribution < 1.29 is 14.6 Å². The molecule has 0 aliphatic carbocycles. The second-order valence-electron chi connectivity index (χ2n) is 6.06. The minimum absolute atomic E-state index is 0.145. The minimum atomic E-state index is -0.703. The summed E-state index contributed by atoms with van der Waals surface area (Å²) in [6.07, 6.45) is -0.703. The van der Waals surface area contributed by atoms with E-state index < -0.39 is 6.10 Å². The fourth-order valence-corrected chi connectivity index (χ4v) is 3.04. The summed E-state index contributed by atoms with van der Waals surface area (Å²) in [4.78, 5) is 12.4. The number of hydrogen-bond donors (Lipinski definition) is 2. The molecule has 2 unspecified atom stereocenters. The molecule has 24 heavy (non-hydrogen) atoms. The Morgan fingerprint density at radius 1 is 1.29 bits per heavy atom. The predicted molar refractivity (Wildman–Crippen MR) is 94.4 cm³/mol. The molecule has 1 amide bonds. The van der Waals surface area contributed by atoms with E-state index in [0.29, 0.717) is 5.56 Å². The van der Waals surface area contributed by atoms with Crippen molar-refractivity contribution in [3.8, 4) is 0 Å². The molecule has 0 radical (unpaired) electrons. The lowest BCUT2D eigenvalue weighted by molar-refractivity contribution is 0.0609. The van der Waals surface area contributed by atoms with E-state index in [1.54, 1.807) is 0 Å². The van der Waals surface area contributed by atoms with Crippen LogP contribution in [0, 0.1) is 13.8 Å². The van der Waals surface area contributed by atoms with E-state index in [4.69, 9.17) is 4.74 Å². The first kappa shape index (κ1) is 18.2. The van der Waals surface area contributed by atoms with Crippen molar-refractivity contribution in [1.29, 1.82) is 0 Å². The normalized spacial score (nSPS) is 13.5. The SMILES string of the molecule is COCC(O)CNC(=O)c1cc(C)n(C(C)c2ccccc2)c1C. The molecule has 0 saturated heterocycles. The molecule has 0 aliphatic heterocycles. The van der Waals surface area contributed by atoms with Crippen LogP contribution in [0.4, 0.5) is 0 Å². The molecule has 5 heteroatoms. The summed E-state index contributed by atoms with van der Waals surface area (Å²) in [5, 5.41) is 12.4. The molecule has 2 aromatic rings. The van der Waals surface area contributed by atoms with E-state index in [0.717, 1.165) is 11.4 Å². The monoisotopic (exact) mass is 330 g/mol. The fraction of sp³-hybridized carbons (Fsp3) is 0.421. The summed E-state index contributed by atoms with van der Waals surface area (Å²) in [5.74, 6) is -0.176. The topological polar surface area (TPSA) is 63.5 Å². The highest BCUT2D eigenvalue weighted by atomic mass is 16.5. The molecule has 0 spiro atoms. The Kier molecular flexibility index (Phi) is 6.17. The third-order valence-corrected chi connectivity index (χ3v) is 4.26. The number of nitrogens with zero attached hydrogens (tertiary/aromatic N) is 1. The average Bonchev–Trinajstić information content (AvgIpc) is 2.88. The zero-order chi connectivity index (χ0) is 17.7. The molecule has 0 fully saturated rings. The summed E-state index contributed by atoms with van der Waals surface area (Å²) >= 11 is 0. The van der Waals surface area contributed by atoms with Gasteiger partial charge in [0, 0.05) is 25.0 Å².